The molecule has 0 radical (unpaired) electrons. The van der Waals surface area contributed by atoms with Crippen LogP contribution in [0.4, 0.5) is 0 Å². The topological polar surface area (TPSA) is 41.1 Å². The monoisotopic (exact) mass is 198 g/mol. The number of hydrogen-bond acceptors (Lipinski definition) is 2. The minimum absolute atomic E-state index is 0.139. The van der Waals surface area contributed by atoms with Gasteiger partial charge in [0.05, 0.1) is 5.92 Å². The Bertz CT molecular complexity index is 176. The Balaban J connectivity index is 2.30. The Morgan fingerprint density at radius 3 is 2.57 bits per heavy atom. The summed E-state index contributed by atoms with van der Waals surface area (Å²) in [5.41, 5.74) is 0. The highest BCUT2D eigenvalue weighted by Crippen LogP contribution is 2.18. The molecule has 0 aromatic rings. The smallest absolute Gasteiger partial charge is 0.224 e. The molecule has 1 aliphatic rings. The molecule has 3 heteroatoms. The number of carbonyl (C=O) groups excluding carboxylic acids is 1. The summed E-state index contributed by atoms with van der Waals surface area (Å²) in [4.78, 5) is 11.8. The lowest BCUT2D eigenvalue weighted by molar-refractivity contribution is -0.125. The van der Waals surface area contributed by atoms with Crippen LogP contribution in [0.25, 0.3) is 0 Å². The van der Waals surface area contributed by atoms with Gasteiger partial charge in [0.1, 0.15) is 0 Å². The zero-order valence-corrected chi connectivity index (χ0v) is 9.31. The maximum atomic E-state index is 11.8. The third-order valence-corrected chi connectivity index (χ3v) is 3.02. The minimum atomic E-state index is 0.139. The third kappa shape index (κ3) is 3.29. The third-order valence-electron chi connectivity index (χ3n) is 3.02. The fourth-order valence-corrected chi connectivity index (χ4v) is 2.06. The normalized spacial score (nSPS) is 19.6. The second-order valence-electron chi connectivity index (χ2n) is 4.15. The molecule has 0 bridgehead atoms. The van der Waals surface area contributed by atoms with E-state index in [9.17, 15) is 4.79 Å². The van der Waals surface area contributed by atoms with Crippen molar-refractivity contribution in [1.29, 1.82) is 0 Å². The predicted octanol–water partition coefficient (Wildman–Crippen LogP) is 1.29. The molecular weight excluding hydrogens is 176 g/mol. The second kappa shape index (κ2) is 6.02. The second-order valence-corrected chi connectivity index (χ2v) is 4.15. The van der Waals surface area contributed by atoms with Crippen molar-refractivity contribution in [3.05, 3.63) is 0 Å². The predicted molar refractivity (Wildman–Crippen MR) is 58.1 cm³/mol. The molecule has 0 aromatic carbocycles. The summed E-state index contributed by atoms with van der Waals surface area (Å²) in [6, 6.07) is 0.452. The minimum Gasteiger partial charge on any atom is -0.353 e. The molecule has 2 N–H and O–H groups in total. The number of hydrogen-bond donors (Lipinski definition) is 2. The molecule has 1 unspecified atom stereocenters. The van der Waals surface area contributed by atoms with Gasteiger partial charge in [-0.3, -0.25) is 4.79 Å². The SMILES string of the molecule is CCC(CNC)C(=O)NC1CCCC1. The van der Waals surface area contributed by atoms with Gasteiger partial charge in [-0.25, -0.2) is 0 Å². The number of amides is 1. The van der Waals surface area contributed by atoms with Crippen molar-refractivity contribution in [2.24, 2.45) is 5.92 Å². The largest absolute Gasteiger partial charge is 0.353 e. The fraction of sp³-hybridized carbons (Fsp3) is 0.909. The fourth-order valence-electron chi connectivity index (χ4n) is 2.06. The summed E-state index contributed by atoms with van der Waals surface area (Å²) >= 11 is 0. The number of rotatable bonds is 5. The van der Waals surface area contributed by atoms with Crippen LogP contribution >= 0.6 is 0 Å². The summed E-state index contributed by atoms with van der Waals surface area (Å²) in [5.74, 6) is 0.370. The molecule has 1 amide bonds. The molecule has 14 heavy (non-hydrogen) atoms. The molecule has 82 valence electrons. The highest BCUT2D eigenvalue weighted by molar-refractivity contribution is 5.79. The van der Waals surface area contributed by atoms with Gasteiger partial charge >= 0.3 is 0 Å². The van der Waals surface area contributed by atoms with E-state index in [2.05, 4.69) is 17.6 Å². The van der Waals surface area contributed by atoms with Gasteiger partial charge < -0.3 is 10.6 Å². The zero-order chi connectivity index (χ0) is 10.4. The summed E-state index contributed by atoms with van der Waals surface area (Å²) in [7, 11) is 1.89. The summed E-state index contributed by atoms with van der Waals surface area (Å²) < 4.78 is 0. The standard InChI is InChI=1S/C11H22N2O/c1-3-9(8-12-2)11(14)13-10-6-4-5-7-10/h9-10,12H,3-8H2,1-2H3,(H,13,14). The molecule has 1 aliphatic carbocycles. The van der Waals surface area contributed by atoms with Gasteiger partial charge in [-0.05, 0) is 26.3 Å². The Labute approximate surface area is 86.6 Å². The van der Waals surface area contributed by atoms with Gasteiger partial charge in [0.25, 0.3) is 0 Å². The molecule has 0 saturated heterocycles. The first-order chi connectivity index (χ1) is 6.77. The first kappa shape index (κ1) is 11.5. The lowest BCUT2D eigenvalue weighted by Gasteiger charge is -2.18. The average Bonchev–Trinajstić information content (AvgIpc) is 2.66. The maximum absolute atomic E-state index is 11.8. The summed E-state index contributed by atoms with van der Waals surface area (Å²) in [6.07, 6.45) is 5.80. The van der Waals surface area contributed by atoms with Crippen LogP contribution in [0.2, 0.25) is 0 Å². The highest BCUT2D eigenvalue weighted by atomic mass is 16.1. The van der Waals surface area contributed by atoms with Crippen molar-refractivity contribution in [1.82, 2.24) is 10.6 Å². The average molecular weight is 198 g/mol. The lowest BCUT2D eigenvalue weighted by Crippen LogP contribution is -2.40. The van der Waals surface area contributed by atoms with E-state index >= 15 is 0 Å². The van der Waals surface area contributed by atoms with Gasteiger partial charge in [-0.1, -0.05) is 19.8 Å². The molecule has 0 heterocycles. The van der Waals surface area contributed by atoms with Crippen molar-refractivity contribution >= 4 is 5.91 Å². The van der Waals surface area contributed by atoms with E-state index in [0.717, 1.165) is 13.0 Å². The van der Waals surface area contributed by atoms with Crippen molar-refractivity contribution in [3.8, 4) is 0 Å². The molecule has 1 fully saturated rings. The molecule has 1 rings (SSSR count). The number of carbonyl (C=O) groups is 1. The zero-order valence-electron chi connectivity index (χ0n) is 9.31. The van der Waals surface area contributed by atoms with E-state index in [1.165, 1.54) is 25.7 Å². The lowest BCUT2D eigenvalue weighted by atomic mass is 10.1. The van der Waals surface area contributed by atoms with Crippen molar-refractivity contribution in [2.45, 2.75) is 45.1 Å². The van der Waals surface area contributed by atoms with Crippen LogP contribution in [-0.2, 0) is 4.79 Å². The summed E-state index contributed by atoms with van der Waals surface area (Å²) in [6.45, 7) is 2.85. The first-order valence-electron chi connectivity index (χ1n) is 5.73. The van der Waals surface area contributed by atoms with Crippen LogP contribution in [0.3, 0.4) is 0 Å². The van der Waals surface area contributed by atoms with Crippen molar-refractivity contribution in [2.75, 3.05) is 13.6 Å². The van der Waals surface area contributed by atoms with Gasteiger partial charge in [0.15, 0.2) is 0 Å². The van der Waals surface area contributed by atoms with E-state index in [1.54, 1.807) is 0 Å². The highest BCUT2D eigenvalue weighted by Gasteiger charge is 2.21. The Kier molecular flexibility index (Phi) is 4.94. The van der Waals surface area contributed by atoms with Crippen LogP contribution < -0.4 is 10.6 Å². The number of nitrogens with one attached hydrogen (secondary N) is 2. The van der Waals surface area contributed by atoms with Crippen molar-refractivity contribution in [3.63, 3.8) is 0 Å². The molecular formula is C11H22N2O. The van der Waals surface area contributed by atoms with Crippen molar-refractivity contribution < 1.29 is 4.79 Å². The molecule has 1 saturated carbocycles. The molecule has 0 aromatic heterocycles. The Morgan fingerprint density at radius 2 is 2.07 bits per heavy atom. The van der Waals surface area contributed by atoms with E-state index in [0.29, 0.717) is 6.04 Å². The van der Waals surface area contributed by atoms with Crippen LogP contribution in [0, 0.1) is 5.92 Å². The molecule has 1 atom stereocenters. The quantitative estimate of drug-likeness (QED) is 0.699. The summed E-state index contributed by atoms with van der Waals surface area (Å²) in [5, 5.41) is 6.20. The molecule has 0 spiro atoms. The first-order valence-corrected chi connectivity index (χ1v) is 5.73. The van der Waals surface area contributed by atoms with E-state index in [1.807, 2.05) is 7.05 Å². The van der Waals surface area contributed by atoms with Crippen LogP contribution in [0.5, 0.6) is 0 Å². The van der Waals surface area contributed by atoms with Gasteiger partial charge in [-0.2, -0.15) is 0 Å². The van der Waals surface area contributed by atoms with Crippen LogP contribution in [-0.4, -0.2) is 25.5 Å². The van der Waals surface area contributed by atoms with Gasteiger partial charge in [-0.15, -0.1) is 0 Å². The van der Waals surface area contributed by atoms with Gasteiger partial charge in [0.2, 0.25) is 5.91 Å². The van der Waals surface area contributed by atoms with Gasteiger partial charge in [0, 0.05) is 12.6 Å². The molecule has 0 aliphatic heterocycles. The van der Waals surface area contributed by atoms with Crippen LogP contribution in [0.1, 0.15) is 39.0 Å². The van der Waals surface area contributed by atoms with E-state index in [-0.39, 0.29) is 11.8 Å². The Hall–Kier alpha value is -0.570. The Morgan fingerprint density at radius 1 is 1.43 bits per heavy atom. The molecule has 3 nitrogen and oxygen atoms in total. The van der Waals surface area contributed by atoms with Crippen LogP contribution in [0.15, 0.2) is 0 Å². The maximum Gasteiger partial charge on any atom is 0.224 e. The van der Waals surface area contributed by atoms with E-state index in [4.69, 9.17) is 0 Å². The van der Waals surface area contributed by atoms with E-state index < -0.39 is 0 Å².